The van der Waals surface area contributed by atoms with Crippen molar-refractivity contribution in [2.75, 3.05) is 0 Å². The van der Waals surface area contributed by atoms with E-state index in [1.165, 1.54) is 5.56 Å². The van der Waals surface area contributed by atoms with Crippen LogP contribution in [0, 0.1) is 13.8 Å². The largest absolute Gasteiger partial charge is 0.361 e. The van der Waals surface area contributed by atoms with Gasteiger partial charge in [0.25, 0.3) is 0 Å². The van der Waals surface area contributed by atoms with E-state index in [0.29, 0.717) is 6.04 Å². The van der Waals surface area contributed by atoms with Crippen LogP contribution in [0.15, 0.2) is 17.2 Å². The molecule has 96 valence electrons. The zero-order valence-electron chi connectivity index (χ0n) is 11.4. The molecule has 1 rings (SSSR count). The number of nitrogens with one attached hydrogen (secondary N) is 1. The molecule has 0 unspecified atom stereocenters. The average molecular weight is 236 g/mol. The number of rotatable bonds is 7. The quantitative estimate of drug-likeness (QED) is 0.734. The highest BCUT2D eigenvalue weighted by Gasteiger charge is 2.18. The molecule has 0 aliphatic heterocycles. The van der Waals surface area contributed by atoms with Gasteiger partial charge in [-0.1, -0.05) is 18.2 Å². The predicted octanol–water partition coefficient (Wildman–Crippen LogP) is 3.69. The van der Waals surface area contributed by atoms with Crippen LogP contribution in [0.5, 0.6) is 0 Å². The topological polar surface area (TPSA) is 38.1 Å². The van der Waals surface area contributed by atoms with Gasteiger partial charge in [0.1, 0.15) is 5.76 Å². The standard InChI is InChI=1S/C14H24N2O/c1-6-8-9-13(7-2)15-10(3)14-11(4)16-17-12(14)5/h6,10,13,15H,1,7-9H2,2-5H3/t10-,13-/m1/s1. The Morgan fingerprint density at radius 2 is 2.18 bits per heavy atom. The van der Waals surface area contributed by atoms with Gasteiger partial charge in [0.2, 0.25) is 0 Å². The van der Waals surface area contributed by atoms with Crippen LogP contribution in [0.25, 0.3) is 0 Å². The van der Waals surface area contributed by atoms with Crippen LogP contribution in [0.1, 0.15) is 56.2 Å². The molecule has 1 aromatic rings. The van der Waals surface area contributed by atoms with E-state index >= 15 is 0 Å². The summed E-state index contributed by atoms with van der Waals surface area (Å²) < 4.78 is 5.21. The van der Waals surface area contributed by atoms with Crippen LogP contribution in [0.2, 0.25) is 0 Å². The van der Waals surface area contributed by atoms with Gasteiger partial charge in [0.05, 0.1) is 5.69 Å². The van der Waals surface area contributed by atoms with Crippen molar-refractivity contribution in [3.8, 4) is 0 Å². The van der Waals surface area contributed by atoms with Crippen molar-refractivity contribution in [3.05, 3.63) is 29.7 Å². The Labute approximate surface area is 104 Å². The highest BCUT2D eigenvalue weighted by Crippen LogP contribution is 2.22. The highest BCUT2D eigenvalue weighted by molar-refractivity contribution is 5.24. The monoisotopic (exact) mass is 236 g/mol. The first-order valence-electron chi connectivity index (χ1n) is 6.39. The molecule has 2 atom stereocenters. The third-order valence-corrected chi connectivity index (χ3v) is 3.22. The van der Waals surface area contributed by atoms with E-state index in [4.69, 9.17) is 4.52 Å². The fourth-order valence-corrected chi connectivity index (χ4v) is 2.27. The lowest BCUT2D eigenvalue weighted by Gasteiger charge is -2.22. The zero-order valence-corrected chi connectivity index (χ0v) is 11.4. The number of nitrogens with zero attached hydrogens (tertiary/aromatic N) is 1. The zero-order chi connectivity index (χ0) is 12.8. The van der Waals surface area contributed by atoms with Crippen molar-refractivity contribution < 1.29 is 4.52 Å². The second-order valence-electron chi connectivity index (χ2n) is 4.60. The van der Waals surface area contributed by atoms with E-state index in [9.17, 15) is 0 Å². The molecule has 0 fully saturated rings. The molecule has 1 N–H and O–H groups in total. The summed E-state index contributed by atoms with van der Waals surface area (Å²) in [5.74, 6) is 0.918. The minimum Gasteiger partial charge on any atom is -0.361 e. The highest BCUT2D eigenvalue weighted by atomic mass is 16.5. The van der Waals surface area contributed by atoms with Crippen molar-refractivity contribution in [1.82, 2.24) is 10.5 Å². The molecule has 0 saturated heterocycles. The van der Waals surface area contributed by atoms with Crippen molar-refractivity contribution in [3.63, 3.8) is 0 Å². The summed E-state index contributed by atoms with van der Waals surface area (Å²) in [6.07, 6.45) is 5.29. The van der Waals surface area contributed by atoms with E-state index in [0.717, 1.165) is 30.7 Å². The minimum atomic E-state index is 0.288. The van der Waals surface area contributed by atoms with Crippen molar-refractivity contribution in [2.24, 2.45) is 0 Å². The summed E-state index contributed by atoms with van der Waals surface area (Å²) in [4.78, 5) is 0. The van der Waals surface area contributed by atoms with E-state index in [1.807, 2.05) is 19.9 Å². The molecule has 1 heterocycles. The van der Waals surface area contributed by atoms with E-state index in [1.54, 1.807) is 0 Å². The summed E-state index contributed by atoms with van der Waals surface area (Å²) in [6, 6.07) is 0.813. The first kappa shape index (κ1) is 14.0. The molecule has 17 heavy (non-hydrogen) atoms. The van der Waals surface area contributed by atoms with Gasteiger partial charge in [-0.25, -0.2) is 0 Å². The van der Waals surface area contributed by atoms with E-state index in [-0.39, 0.29) is 6.04 Å². The van der Waals surface area contributed by atoms with Crippen LogP contribution in [0.3, 0.4) is 0 Å². The molecule has 0 aliphatic carbocycles. The Kier molecular flexibility index (Phi) is 5.42. The Hall–Kier alpha value is -1.09. The first-order chi connectivity index (χ1) is 8.10. The summed E-state index contributed by atoms with van der Waals surface area (Å²) in [7, 11) is 0. The molecule has 0 bridgehead atoms. The molecule has 0 amide bonds. The molecular weight excluding hydrogens is 212 g/mol. The second-order valence-corrected chi connectivity index (χ2v) is 4.60. The van der Waals surface area contributed by atoms with Crippen LogP contribution in [0.4, 0.5) is 0 Å². The average Bonchev–Trinajstić information content (AvgIpc) is 2.64. The van der Waals surface area contributed by atoms with Gasteiger partial charge >= 0.3 is 0 Å². The van der Waals surface area contributed by atoms with E-state index < -0.39 is 0 Å². The number of aryl methyl sites for hydroxylation is 2. The lowest BCUT2D eigenvalue weighted by molar-refractivity contribution is 0.386. The third-order valence-electron chi connectivity index (χ3n) is 3.22. The maximum absolute atomic E-state index is 5.21. The lowest BCUT2D eigenvalue weighted by atomic mass is 10.0. The van der Waals surface area contributed by atoms with Crippen molar-refractivity contribution in [2.45, 2.75) is 59.0 Å². The Balaban J connectivity index is 2.64. The molecule has 3 heteroatoms. The molecule has 0 saturated carbocycles. The van der Waals surface area contributed by atoms with Crippen LogP contribution < -0.4 is 5.32 Å². The van der Waals surface area contributed by atoms with Gasteiger partial charge in [-0.3, -0.25) is 0 Å². The van der Waals surface area contributed by atoms with Crippen molar-refractivity contribution in [1.29, 1.82) is 0 Å². The van der Waals surface area contributed by atoms with Gasteiger partial charge in [0, 0.05) is 17.6 Å². The molecule has 0 spiro atoms. The summed E-state index contributed by atoms with van der Waals surface area (Å²) in [5.41, 5.74) is 2.18. The number of aromatic nitrogens is 1. The van der Waals surface area contributed by atoms with Crippen LogP contribution in [-0.4, -0.2) is 11.2 Å². The maximum Gasteiger partial charge on any atom is 0.138 e. The van der Waals surface area contributed by atoms with Gasteiger partial charge in [-0.15, -0.1) is 6.58 Å². The molecule has 0 radical (unpaired) electrons. The van der Waals surface area contributed by atoms with Crippen LogP contribution >= 0.6 is 0 Å². The molecular formula is C14H24N2O. The Morgan fingerprint density at radius 1 is 1.47 bits per heavy atom. The smallest absolute Gasteiger partial charge is 0.138 e. The second kappa shape index (κ2) is 6.60. The molecule has 0 aromatic carbocycles. The minimum absolute atomic E-state index is 0.288. The summed E-state index contributed by atoms with van der Waals surface area (Å²) >= 11 is 0. The first-order valence-corrected chi connectivity index (χ1v) is 6.39. The number of allylic oxidation sites excluding steroid dienone is 1. The lowest BCUT2D eigenvalue weighted by Crippen LogP contribution is -2.31. The SMILES string of the molecule is C=CCC[C@@H](CC)N[C@H](C)c1c(C)noc1C. The van der Waals surface area contributed by atoms with Gasteiger partial charge < -0.3 is 9.84 Å². The van der Waals surface area contributed by atoms with Gasteiger partial charge in [0.15, 0.2) is 0 Å². The van der Waals surface area contributed by atoms with Gasteiger partial charge in [-0.2, -0.15) is 0 Å². The summed E-state index contributed by atoms with van der Waals surface area (Å²) in [6.45, 7) is 12.1. The fourth-order valence-electron chi connectivity index (χ4n) is 2.27. The molecule has 1 aromatic heterocycles. The Morgan fingerprint density at radius 3 is 2.65 bits per heavy atom. The fraction of sp³-hybridized carbons (Fsp3) is 0.643. The third kappa shape index (κ3) is 3.70. The van der Waals surface area contributed by atoms with Crippen molar-refractivity contribution >= 4 is 0 Å². The predicted molar refractivity (Wildman–Crippen MR) is 71.0 cm³/mol. The molecule has 3 nitrogen and oxygen atoms in total. The van der Waals surface area contributed by atoms with E-state index in [2.05, 4.69) is 30.9 Å². The molecule has 0 aliphatic rings. The van der Waals surface area contributed by atoms with Gasteiger partial charge in [-0.05, 0) is 40.0 Å². The number of hydrogen-bond acceptors (Lipinski definition) is 3. The van der Waals surface area contributed by atoms with Crippen LogP contribution in [-0.2, 0) is 0 Å². The maximum atomic E-state index is 5.21. The Bertz CT molecular complexity index is 338. The number of hydrogen-bond donors (Lipinski definition) is 1. The normalized spacial score (nSPS) is 14.6. The summed E-state index contributed by atoms with van der Waals surface area (Å²) in [5, 5.41) is 7.64.